The summed E-state index contributed by atoms with van der Waals surface area (Å²) in [4.78, 5) is 10.9. The van der Waals surface area contributed by atoms with Crippen LogP contribution >= 0.6 is 11.3 Å². The lowest BCUT2D eigenvalue weighted by atomic mass is 9.33. The van der Waals surface area contributed by atoms with Crippen molar-refractivity contribution in [2.24, 2.45) is 0 Å². The van der Waals surface area contributed by atoms with Gasteiger partial charge < -0.3 is 24.0 Å². The molecule has 12 aromatic carbocycles. The number of furan rings is 1. The lowest BCUT2D eigenvalue weighted by Gasteiger charge is -2.51. The van der Waals surface area contributed by atoms with Gasteiger partial charge in [0.15, 0.2) is 5.58 Å². The third-order valence-electron chi connectivity index (χ3n) is 24.3. The van der Waals surface area contributed by atoms with Crippen LogP contribution in [0.2, 0.25) is 0 Å². The van der Waals surface area contributed by atoms with Gasteiger partial charge >= 0.3 is 0 Å². The van der Waals surface area contributed by atoms with Gasteiger partial charge in [-0.2, -0.15) is 0 Å². The molecule has 7 heteroatoms. The van der Waals surface area contributed by atoms with Gasteiger partial charge in [0.25, 0.3) is 6.71 Å². The Morgan fingerprint density at radius 1 is 0.337 bits per heavy atom. The molecule has 4 unspecified atom stereocenters. The van der Waals surface area contributed by atoms with Crippen molar-refractivity contribution in [1.29, 1.82) is 0 Å². The smallest absolute Gasteiger partial charge is 0.252 e. The number of anilines is 10. The van der Waals surface area contributed by atoms with Crippen molar-refractivity contribution in [2.75, 3.05) is 19.6 Å². The molecule has 14 aromatic rings. The average Bonchev–Trinajstić information content (AvgIpc) is 1.68. The summed E-state index contributed by atoms with van der Waals surface area (Å²) in [5.41, 5.74) is 27.3. The molecule has 5 nitrogen and oxygen atoms in total. The molecule has 4 atom stereocenters. The van der Waals surface area contributed by atoms with E-state index < -0.39 is 0 Å². The largest absolute Gasteiger partial charge is 0.454 e. The highest BCUT2D eigenvalue weighted by Gasteiger charge is 2.60. The summed E-state index contributed by atoms with van der Waals surface area (Å²) >= 11 is 1.89. The summed E-state index contributed by atoms with van der Waals surface area (Å²) in [6.45, 7) is 10.2. The average molecular weight is 1240 g/mol. The van der Waals surface area contributed by atoms with Gasteiger partial charge in [0.2, 0.25) is 0 Å². The number of nitrogens with zero attached hydrogens (tertiary/aromatic N) is 4. The molecule has 6 heterocycles. The summed E-state index contributed by atoms with van der Waals surface area (Å²) in [5.74, 6) is 0. The van der Waals surface area contributed by atoms with Crippen LogP contribution in [0, 0.1) is 0 Å². The number of hydrogen-bond donors (Lipinski definition) is 0. The van der Waals surface area contributed by atoms with E-state index in [1.165, 1.54) is 152 Å². The quantitative estimate of drug-likeness (QED) is 0.148. The molecule has 20 rings (SSSR count). The van der Waals surface area contributed by atoms with E-state index in [1.807, 2.05) is 11.3 Å². The normalized spacial score (nSPS) is 21.4. The molecule has 2 fully saturated rings. The van der Waals surface area contributed by atoms with E-state index in [1.54, 1.807) is 0 Å². The van der Waals surface area contributed by atoms with E-state index >= 15 is 0 Å². The number of benzene rings is 12. The number of rotatable bonds is 7. The van der Waals surface area contributed by atoms with Gasteiger partial charge in [0.05, 0.1) is 16.8 Å². The molecule has 4 aliphatic heterocycles. The van der Waals surface area contributed by atoms with Crippen LogP contribution < -0.4 is 36.0 Å². The molecule has 0 radical (unpaired) electrons. The fraction of sp³-hybridized carbons (Fsp3) is 0.182. The Labute approximate surface area is 560 Å². The number of hydrogen-bond acceptors (Lipinski definition) is 6. The van der Waals surface area contributed by atoms with Gasteiger partial charge in [0, 0.05) is 93.0 Å². The number of thiophene rings is 1. The van der Waals surface area contributed by atoms with Crippen LogP contribution in [-0.2, 0) is 10.8 Å². The lowest BCUT2D eigenvalue weighted by Crippen LogP contribution is -2.61. The summed E-state index contributed by atoms with van der Waals surface area (Å²) in [5, 5.41) is 4.81. The Morgan fingerprint density at radius 3 is 1.48 bits per heavy atom. The van der Waals surface area contributed by atoms with Gasteiger partial charge in [-0.3, -0.25) is 0 Å². The monoisotopic (exact) mass is 1240 g/mol. The van der Waals surface area contributed by atoms with E-state index in [0.29, 0.717) is 0 Å². The molecule has 2 saturated carbocycles. The third kappa shape index (κ3) is 7.67. The first-order valence-electron chi connectivity index (χ1n) is 34.5. The van der Waals surface area contributed by atoms with Crippen LogP contribution in [0.25, 0.3) is 75.5 Å². The minimum Gasteiger partial charge on any atom is -0.454 e. The maximum Gasteiger partial charge on any atom is 0.252 e. The standard InChI is InChI=1S/C88H71BN4OS/c1-85-45-18-20-47-87(85,3)92(73-42-36-59(49-69(73)85)56-23-8-5-9-24-56)63-38-41-72-77(53-63)91(75-32-22-31-67-65-29-14-16-33-80(65)94-84(67)75)79-55-64(93-74-43-37-60(57-25-10-6-11-26-57)50-70(74)86(2)46-19-21-48-88(86,93)4)54-78-83(79)89(72)71-40-35-61(58-27-12-7-13-28-58)51-76(71)90(78)62-39-44-82-68(52-62)66-30-15-17-34-81(66)95-82/h5-17,22-44,49-55H,18-21,45-48H2,1-4H3. The highest BCUT2D eigenvalue weighted by molar-refractivity contribution is 7.25. The molecular formula is C88H71BN4OS. The highest BCUT2D eigenvalue weighted by atomic mass is 32.1. The van der Waals surface area contributed by atoms with Crippen LogP contribution in [0.15, 0.2) is 265 Å². The zero-order valence-electron chi connectivity index (χ0n) is 54.2. The van der Waals surface area contributed by atoms with E-state index in [4.69, 9.17) is 4.42 Å². The number of para-hydroxylation sites is 2. The van der Waals surface area contributed by atoms with Crippen molar-refractivity contribution in [3.05, 3.63) is 272 Å². The highest BCUT2D eigenvalue weighted by Crippen LogP contribution is 2.65. The van der Waals surface area contributed by atoms with Crippen molar-refractivity contribution in [3.63, 3.8) is 0 Å². The van der Waals surface area contributed by atoms with Crippen LogP contribution in [0.5, 0.6) is 0 Å². The van der Waals surface area contributed by atoms with E-state index in [9.17, 15) is 0 Å². The zero-order chi connectivity index (χ0) is 63.1. The Morgan fingerprint density at radius 2 is 0.832 bits per heavy atom. The fourth-order valence-electron chi connectivity index (χ4n) is 19.2. The Kier molecular flexibility index (Phi) is 11.8. The molecule has 0 bridgehead atoms. The fourth-order valence-corrected chi connectivity index (χ4v) is 20.3. The van der Waals surface area contributed by atoms with Gasteiger partial charge in [-0.25, -0.2) is 0 Å². The lowest BCUT2D eigenvalue weighted by molar-refractivity contribution is 0.195. The molecule has 6 aliphatic rings. The minimum atomic E-state index is -0.259. The maximum atomic E-state index is 7.31. The third-order valence-corrected chi connectivity index (χ3v) is 25.5. The Hall–Kier alpha value is -10.1. The molecule has 0 spiro atoms. The van der Waals surface area contributed by atoms with Gasteiger partial charge in [-0.15, -0.1) is 11.3 Å². The molecule has 95 heavy (non-hydrogen) atoms. The van der Waals surface area contributed by atoms with Gasteiger partial charge in [-0.05, 0) is 191 Å². The summed E-state index contributed by atoms with van der Waals surface area (Å²) in [6, 6.07) is 99.8. The predicted molar refractivity (Wildman–Crippen MR) is 403 cm³/mol. The molecule has 0 N–H and O–H groups in total. The predicted octanol–water partition coefficient (Wildman–Crippen LogP) is 22.5. The zero-order valence-corrected chi connectivity index (χ0v) is 55.0. The van der Waals surface area contributed by atoms with Crippen molar-refractivity contribution < 1.29 is 4.42 Å². The van der Waals surface area contributed by atoms with Crippen molar-refractivity contribution in [3.8, 4) is 33.4 Å². The Balaban J connectivity index is 0.900. The van der Waals surface area contributed by atoms with Gasteiger partial charge in [0.1, 0.15) is 5.58 Å². The van der Waals surface area contributed by atoms with E-state index in [-0.39, 0.29) is 28.6 Å². The second-order valence-corrected chi connectivity index (χ2v) is 30.0. The second kappa shape index (κ2) is 20.2. The number of fused-ring (bicyclic) bond motifs is 16. The van der Waals surface area contributed by atoms with Crippen molar-refractivity contribution in [2.45, 2.75) is 101 Å². The van der Waals surface area contributed by atoms with Crippen molar-refractivity contribution in [1.82, 2.24) is 0 Å². The van der Waals surface area contributed by atoms with Crippen LogP contribution in [-0.4, -0.2) is 17.8 Å². The van der Waals surface area contributed by atoms with Crippen LogP contribution in [0.3, 0.4) is 0 Å². The minimum absolute atomic E-state index is 0.0879. The first kappa shape index (κ1) is 55.4. The van der Waals surface area contributed by atoms with Crippen LogP contribution in [0.1, 0.15) is 90.2 Å². The Bertz CT molecular complexity index is 5530. The molecule has 0 amide bonds. The molecule has 0 saturated heterocycles. The van der Waals surface area contributed by atoms with Crippen molar-refractivity contribution >= 4 is 133 Å². The molecule has 2 aromatic heterocycles. The first-order chi connectivity index (χ1) is 46.6. The molecule has 458 valence electrons. The first-order valence-corrected chi connectivity index (χ1v) is 35.3. The maximum absolute atomic E-state index is 7.31. The molecule has 2 aliphatic carbocycles. The summed E-state index contributed by atoms with van der Waals surface area (Å²) < 4.78 is 9.91. The SMILES string of the molecule is CC12CCCCC1(C)N(c1ccc3c(c1)N(c1cccc4c1oc1ccccc14)c1cc(N4c5ccc(-c6ccccc6)cc5C5(C)CCCCC45C)cc4c1B3c1ccc(-c3ccccc3)cc1N4c1ccc3sc4ccccc4c3c1)c1ccc(-c3ccccc3)cc12. The van der Waals surface area contributed by atoms with E-state index in [2.05, 4.69) is 308 Å². The van der Waals surface area contributed by atoms with Crippen LogP contribution in [0.4, 0.5) is 56.9 Å². The van der Waals surface area contributed by atoms with E-state index in [0.717, 1.165) is 59.0 Å². The summed E-state index contributed by atoms with van der Waals surface area (Å²) in [6.07, 6.45) is 9.18. The van der Waals surface area contributed by atoms with Gasteiger partial charge in [-0.1, -0.05) is 209 Å². The topological polar surface area (TPSA) is 26.1 Å². The molecular weight excluding hydrogens is 1170 g/mol. The second-order valence-electron chi connectivity index (χ2n) is 28.9. The summed E-state index contributed by atoms with van der Waals surface area (Å²) in [7, 11) is 0.